The summed E-state index contributed by atoms with van der Waals surface area (Å²) >= 11 is 11.6. The summed E-state index contributed by atoms with van der Waals surface area (Å²) in [5, 5.41) is 2.83. The Balaban J connectivity index is 2.00. The molecule has 6 nitrogen and oxygen atoms in total. The molecule has 2 aromatic rings. The third kappa shape index (κ3) is 4.93. The number of carbonyl (C=O) groups excluding carboxylic acids is 2. The third-order valence-electron chi connectivity index (χ3n) is 4.65. The van der Waals surface area contributed by atoms with Crippen molar-refractivity contribution in [2.24, 2.45) is 0 Å². The number of terminal acetylenes is 1. The van der Waals surface area contributed by atoms with E-state index in [1.165, 1.54) is 11.0 Å². The van der Waals surface area contributed by atoms with Gasteiger partial charge in [0.15, 0.2) is 16.6 Å². The Hall–Kier alpha value is -3.34. The molecule has 2 amide bonds. The number of rotatable bonds is 7. The van der Waals surface area contributed by atoms with Crippen LogP contribution in [0.1, 0.15) is 25.0 Å². The molecule has 2 aromatic carbocycles. The molecule has 1 saturated heterocycles. The van der Waals surface area contributed by atoms with E-state index in [-0.39, 0.29) is 22.3 Å². The lowest BCUT2D eigenvalue weighted by Crippen LogP contribution is -2.54. The summed E-state index contributed by atoms with van der Waals surface area (Å²) < 4.78 is 11.1. The van der Waals surface area contributed by atoms with E-state index in [9.17, 15) is 9.59 Å². The first kappa shape index (κ1) is 23.3. The van der Waals surface area contributed by atoms with E-state index in [1.54, 1.807) is 24.3 Å². The minimum atomic E-state index is -0.594. The summed E-state index contributed by atoms with van der Waals surface area (Å²) in [5.74, 6) is 1.89. The van der Waals surface area contributed by atoms with Crippen LogP contribution in [0.5, 0.6) is 11.5 Å². The molecule has 8 heteroatoms. The number of amides is 2. The van der Waals surface area contributed by atoms with Crippen molar-refractivity contribution >= 4 is 52.5 Å². The molecule has 0 spiro atoms. The SMILES string of the molecule is C#CCOc1c(Cl)cc(/C=C2\C(=O)NC(=S)N(c3ccc(CC)cc3)C2=O)cc1OCC. The molecule has 0 radical (unpaired) electrons. The van der Waals surface area contributed by atoms with Crippen molar-refractivity contribution < 1.29 is 19.1 Å². The van der Waals surface area contributed by atoms with Crippen LogP contribution in [0, 0.1) is 12.3 Å². The van der Waals surface area contributed by atoms with Crippen LogP contribution < -0.4 is 19.7 Å². The first-order chi connectivity index (χ1) is 15.4. The van der Waals surface area contributed by atoms with Gasteiger partial charge in [0.1, 0.15) is 12.2 Å². The maximum Gasteiger partial charge on any atom is 0.270 e. The molecule has 164 valence electrons. The summed E-state index contributed by atoms with van der Waals surface area (Å²) in [6, 6.07) is 10.6. The van der Waals surface area contributed by atoms with Crippen molar-refractivity contribution in [1.29, 1.82) is 0 Å². The molecule has 1 heterocycles. The van der Waals surface area contributed by atoms with Crippen LogP contribution >= 0.6 is 23.8 Å². The maximum atomic E-state index is 13.2. The molecule has 1 aliphatic heterocycles. The van der Waals surface area contributed by atoms with Gasteiger partial charge in [-0.1, -0.05) is 36.6 Å². The van der Waals surface area contributed by atoms with Crippen molar-refractivity contribution in [3.63, 3.8) is 0 Å². The lowest BCUT2D eigenvalue weighted by molar-refractivity contribution is -0.122. The number of ether oxygens (including phenoxy) is 2. The van der Waals surface area contributed by atoms with Crippen LogP contribution in [0.4, 0.5) is 5.69 Å². The highest BCUT2D eigenvalue weighted by Crippen LogP contribution is 2.37. The van der Waals surface area contributed by atoms with E-state index in [2.05, 4.69) is 11.2 Å². The number of hydrogen-bond acceptors (Lipinski definition) is 5. The molecule has 0 aliphatic carbocycles. The molecule has 0 saturated carbocycles. The van der Waals surface area contributed by atoms with E-state index in [1.807, 2.05) is 26.0 Å². The van der Waals surface area contributed by atoms with E-state index in [4.69, 9.17) is 39.7 Å². The number of nitrogens with one attached hydrogen (secondary N) is 1. The van der Waals surface area contributed by atoms with E-state index < -0.39 is 11.8 Å². The second-order valence-electron chi connectivity index (χ2n) is 6.73. The van der Waals surface area contributed by atoms with Gasteiger partial charge >= 0.3 is 0 Å². The van der Waals surface area contributed by atoms with Crippen molar-refractivity contribution in [1.82, 2.24) is 5.32 Å². The standard InChI is InChI=1S/C24H21ClN2O4S/c1-4-11-31-21-19(25)13-16(14-20(21)30-6-3)12-18-22(28)26-24(32)27(23(18)29)17-9-7-15(5-2)8-10-17/h1,7-10,12-14H,5-6,11H2,2-3H3,(H,26,28,32)/b18-12+. The van der Waals surface area contributed by atoms with Crippen molar-refractivity contribution in [2.75, 3.05) is 18.1 Å². The fourth-order valence-electron chi connectivity index (χ4n) is 3.13. The van der Waals surface area contributed by atoms with Gasteiger partial charge in [-0.3, -0.25) is 19.8 Å². The lowest BCUT2D eigenvalue weighted by Gasteiger charge is -2.29. The predicted molar refractivity (Wildman–Crippen MR) is 129 cm³/mol. The van der Waals surface area contributed by atoms with Gasteiger partial charge in [0, 0.05) is 0 Å². The smallest absolute Gasteiger partial charge is 0.270 e. The lowest BCUT2D eigenvalue weighted by atomic mass is 10.1. The topological polar surface area (TPSA) is 67.9 Å². The molecule has 0 unspecified atom stereocenters. The Kier molecular flexibility index (Phi) is 7.52. The van der Waals surface area contributed by atoms with Crippen LogP contribution in [-0.2, 0) is 16.0 Å². The van der Waals surface area contributed by atoms with Crippen LogP contribution in [0.3, 0.4) is 0 Å². The highest BCUT2D eigenvalue weighted by molar-refractivity contribution is 7.80. The summed E-state index contributed by atoms with van der Waals surface area (Å²) in [6.07, 6.45) is 7.56. The Morgan fingerprint density at radius 3 is 2.53 bits per heavy atom. The van der Waals surface area contributed by atoms with Gasteiger partial charge in [-0.25, -0.2) is 0 Å². The Labute approximate surface area is 197 Å². The highest BCUT2D eigenvalue weighted by atomic mass is 35.5. The number of nitrogens with zero attached hydrogens (tertiary/aromatic N) is 1. The van der Waals surface area contributed by atoms with Crippen molar-refractivity contribution in [3.8, 4) is 23.8 Å². The minimum absolute atomic E-state index is 0.0182. The fourth-order valence-corrected chi connectivity index (χ4v) is 3.68. The second-order valence-corrected chi connectivity index (χ2v) is 7.53. The summed E-state index contributed by atoms with van der Waals surface area (Å²) in [4.78, 5) is 27.1. The number of carbonyl (C=O) groups is 2. The number of anilines is 1. The molecule has 1 fully saturated rings. The van der Waals surface area contributed by atoms with Crippen LogP contribution in [0.25, 0.3) is 6.08 Å². The zero-order valence-corrected chi connectivity index (χ0v) is 19.2. The van der Waals surface area contributed by atoms with Gasteiger partial charge in [-0.2, -0.15) is 0 Å². The molecule has 3 rings (SSSR count). The summed E-state index contributed by atoms with van der Waals surface area (Å²) in [5.41, 5.74) is 2.08. The van der Waals surface area contributed by atoms with Gasteiger partial charge < -0.3 is 9.47 Å². The Morgan fingerprint density at radius 2 is 1.91 bits per heavy atom. The molecule has 0 atom stereocenters. The molecule has 1 aliphatic rings. The zero-order valence-electron chi connectivity index (χ0n) is 17.6. The molecule has 32 heavy (non-hydrogen) atoms. The molecule has 1 N–H and O–H groups in total. The Bertz CT molecular complexity index is 1140. The van der Waals surface area contributed by atoms with E-state index in [0.29, 0.717) is 29.4 Å². The third-order valence-corrected chi connectivity index (χ3v) is 5.21. The average molecular weight is 469 g/mol. The Morgan fingerprint density at radius 1 is 1.19 bits per heavy atom. The first-order valence-corrected chi connectivity index (χ1v) is 10.7. The minimum Gasteiger partial charge on any atom is -0.490 e. The van der Waals surface area contributed by atoms with Crippen LogP contribution in [-0.4, -0.2) is 30.1 Å². The molecule has 0 bridgehead atoms. The number of aryl methyl sites for hydroxylation is 1. The second kappa shape index (κ2) is 10.3. The highest BCUT2D eigenvalue weighted by Gasteiger charge is 2.34. The van der Waals surface area contributed by atoms with Crippen molar-refractivity contribution in [3.05, 3.63) is 58.1 Å². The fraction of sp³-hybridized carbons (Fsp3) is 0.208. The maximum absolute atomic E-state index is 13.2. The largest absolute Gasteiger partial charge is 0.490 e. The monoisotopic (exact) mass is 468 g/mol. The van der Waals surface area contributed by atoms with Crippen molar-refractivity contribution in [2.45, 2.75) is 20.3 Å². The number of halogens is 1. The van der Waals surface area contributed by atoms with E-state index >= 15 is 0 Å². The number of benzene rings is 2. The van der Waals surface area contributed by atoms with Gasteiger partial charge in [0.25, 0.3) is 11.8 Å². The van der Waals surface area contributed by atoms with Gasteiger partial charge in [0.2, 0.25) is 0 Å². The van der Waals surface area contributed by atoms with Gasteiger partial charge in [0.05, 0.1) is 17.3 Å². The van der Waals surface area contributed by atoms with Crippen LogP contribution in [0.15, 0.2) is 42.0 Å². The summed E-state index contributed by atoms with van der Waals surface area (Å²) in [6.45, 7) is 4.23. The van der Waals surface area contributed by atoms with Crippen LogP contribution in [0.2, 0.25) is 5.02 Å². The number of thiocarbonyl (C=S) groups is 1. The molecule has 0 aromatic heterocycles. The average Bonchev–Trinajstić information content (AvgIpc) is 2.76. The van der Waals surface area contributed by atoms with Gasteiger partial charge in [-0.05, 0) is 67.0 Å². The number of hydrogen-bond donors (Lipinski definition) is 1. The molecular weight excluding hydrogens is 448 g/mol. The molecular formula is C24H21ClN2O4S. The predicted octanol–water partition coefficient (Wildman–Crippen LogP) is 4.14. The first-order valence-electron chi connectivity index (χ1n) is 9.92. The quantitative estimate of drug-likeness (QED) is 0.286. The summed E-state index contributed by atoms with van der Waals surface area (Å²) in [7, 11) is 0. The zero-order chi connectivity index (χ0) is 23.3. The van der Waals surface area contributed by atoms with Gasteiger partial charge in [-0.15, -0.1) is 6.42 Å². The van der Waals surface area contributed by atoms with E-state index in [0.717, 1.165) is 12.0 Å². The normalized spacial score (nSPS) is 14.9.